The van der Waals surface area contributed by atoms with Crippen LogP contribution in [0.2, 0.25) is 0 Å². The van der Waals surface area contributed by atoms with Crippen molar-refractivity contribution in [3.05, 3.63) is 65.7 Å². The van der Waals surface area contributed by atoms with Crippen LogP contribution in [0.3, 0.4) is 0 Å². The van der Waals surface area contributed by atoms with Crippen LogP contribution in [-0.4, -0.2) is 5.91 Å². The van der Waals surface area contributed by atoms with Crippen LogP contribution in [0.15, 0.2) is 48.5 Å². The first kappa shape index (κ1) is 13.7. The van der Waals surface area contributed by atoms with Gasteiger partial charge in [0.05, 0.1) is 5.41 Å². The van der Waals surface area contributed by atoms with Crippen LogP contribution in [0.1, 0.15) is 24.8 Å². The van der Waals surface area contributed by atoms with E-state index in [1.165, 1.54) is 24.3 Å². The molecule has 0 bridgehead atoms. The van der Waals surface area contributed by atoms with Gasteiger partial charge < -0.3 is 5.32 Å². The minimum Gasteiger partial charge on any atom is -0.325 e. The Labute approximate surface area is 121 Å². The molecule has 0 saturated heterocycles. The number of carbonyl (C=O) groups excluding carboxylic acids is 1. The second kappa shape index (κ2) is 5.28. The number of benzene rings is 2. The molecule has 1 fully saturated rings. The van der Waals surface area contributed by atoms with Crippen LogP contribution in [0.5, 0.6) is 0 Å². The van der Waals surface area contributed by atoms with Crippen molar-refractivity contribution >= 4 is 11.6 Å². The third kappa shape index (κ3) is 2.53. The van der Waals surface area contributed by atoms with Gasteiger partial charge in [0.25, 0.3) is 0 Å². The lowest BCUT2D eigenvalue weighted by molar-refractivity contribution is -0.124. The number of hydrogen-bond acceptors (Lipinski definition) is 1. The molecule has 21 heavy (non-hydrogen) atoms. The van der Waals surface area contributed by atoms with E-state index in [0.29, 0.717) is 5.69 Å². The van der Waals surface area contributed by atoms with Gasteiger partial charge in [0, 0.05) is 5.69 Å². The minimum absolute atomic E-state index is 0.161. The first-order valence-electron chi connectivity index (χ1n) is 6.93. The van der Waals surface area contributed by atoms with E-state index in [1.807, 2.05) is 0 Å². The summed E-state index contributed by atoms with van der Waals surface area (Å²) in [4.78, 5) is 12.6. The summed E-state index contributed by atoms with van der Waals surface area (Å²) in [5.74, 6) is -0.873. The monoisotopic (exact) mass is 287 g/mol. The largest absolute Gasteiger partial charge is 0.325 e. The van der Waals surface area contributed by atoms with E-state index in [1.54, 1.807) is 24.3 Å². The zero-order valence-corrected chi connectivity index (χ0v) is 11.4. The Bertz CT molecular complexity index is 663. The lowest BCUT2D eigenvalue weighted by Gasteiger charge is -2.40. The Morgan fingerprint density at radius 3 is 2.29 bits per heavy atom. The molecule has 0 atom stereocenters. The summed E-state index contributed by atoms with van der Waals surface area (Å²) < 4.78 is 26.2. The Kier molecular flexibility index (Phi) is 3.45. The fourth-order valence-corrected chi connectivity index (χ4v) is 2.76. The van der Waals surface area contributed by atoms with E-state index in [0.717, 1.165) is 24.8 Å². The fraction of sp³-hybridized carbons (Fsp3) is 0.235. The molecular formula is C17H15F2NO. The topological polar surface area (TPSA) is 29.1 Å². The third-order valence-electron chi connectivity index (χ3n) is 4.12. The van der Waals surface area contributed by atoms with E-state index in [-0.39, 0.29) is 11.7 Å². The van der Waals surface area contributed by atoms with Crippen LogP contribution in [0.4, 0.5) is 14.5 Å². The molecule has 0 heterocycles. The van der Waals surface area contributed by atoms with Gasteiger partial charge in [0.1, 0.15) is 11.6 Å². The van der Waals surface area contributed by atoms with E-state index in [4.69, 9.17) is 0 Å². The molecule has 0 spiro atoms. The van der Waals surface area contributed by atoms with Gasteiger partial charge in [-0.1, -0.05) is 24.6 Å². The molecule has 1 N–H and O–H groups in total. The van der Waals surface area contributed by atoms with Gasteiger partial charge >= 0.3 is 0 Å². The normalized spacial score (nSPS) is 16.1. The van der Waals surface area contributed by atoms with Crippen molar-refractivity contribution in [1.82, 2.24) is 0 Å². The lowest BCUT2D eigenvalue weighted by Crippen LogP contribution is -2.46. The summed E-state index contributed by atoms with van der Waals surface area (Å²) >= 11 is 0. The summed E-state index contributed by atoms with van der Waals surface area (Å²) in [5, 5.41) is 2.77. The van der Waals surface area contributed by atoms with Crippen molar-refractivity contribution < 1.29 is 13.6 Å². The van der Waals surface area contributed by atoms with E-state index in [2.05, 4.69) is 5.32 Å². The second-order valence-corrected chi connectivity index (χ2v) is 5.41. The molecule has 108 valence electrons. The Morgan fingerprint density at radius 1 is 1.00 bits per heavy atom. The summed E-state index contributed by atoms with van der Waals surface area (Å²) in [7, 11) is 0. The summed E-state index contributed by atoms with van der Waals surface area (Å²) in [6, 6.07) is 11.9. The molecule has 0 unspecified atom stereocenters. The quantitative estimate of drug-likeness (QED) is 0.907. The molecule has 2 aromatic carbocycles. The van der Waals surface area contributed by atoms with Crippen molar-refractivity contribution in [3.63, 3.8) is 0 Å². The third-order valence-corrected chi connectivity index (χ3v) is 4.12. The van der Waals surface area contributed by atoms with Gasteiger partial charge in [-0.05, 0) is 48.7 Å². The van der Waals surface area contributed by atoms with Crippen molar-refractivity contribution in [2.24, 2.45) is 0 Å². The number of halogens is 2. The van der Waals surface area contributed by atoms with Crippen molar-refractivity contribution in [3.8, 4) is 0 Å². The number of amides is 1. The average Bonchev–Trinajstić information content (AvgIpc) is 2.39. The predicted octanol–water partition coefficient (Wildman–Crippen LogP) is 4.03. The maximum atomic E-state index is 13.2. The minimum atomic E-state index is -0.625. The zero-order chi connectivity index (χ0) is 14.9. The van der Waals surface area contributed by atoms with Crippen LogP contribution in [-0.2, 0) is 10.2 Å². The average molecular weight is 287 g/mol. The Morgan fingerprint density at radius 2 is 1.71 bits per heavy atom. The number of carbonyl (C=O) groups is 1. The highest BCUT2D eigenvalue weighted by atomic mass is 19.1. The first-order valence-corrected chi connectivity index (χ1v) is 6.93. The molecule has 1 aliphatic rings. The smallest absolute Gasteiger partial charge is 0.235 e. The van der Waals surface area contributed by atoms with E-state index in [9.17, 15) is 13.6 Å². The molecule has 0 aliphatic heterocycles. The maximum absolute atomic E-state index is 13.2. The Hall–Kier alpha value is -2.23. The highest BCUT2D eigenvalue weighted by molar-refractivity contribution is 5.99. The Balaban J connectivity index is 1.85. The van der Waals surface area contributed by atoms with Gasteiger partial charge in [-0.25, -0.2) is 8.78 Å². The molecule has 1 aliphatic carbocycles. The van der Waals surface area contributed by atoms with Crippen molar-refractivity contribution in [2.75, 3.05) is 5.32 Å². The summed E-state index contributed by atoms with van der Waals surface area (Å²) in [6.07, 6.45) is 2.40. The molecule has 0 aromatic heterocycles. The standard InChI is InChI=1S/C17H15F2NO/c18-13-7-5-12(6-8-13)17(9-2-10-17)16(21)20-15-4-1-3-14(19)11-15/h1,3-8,11H,2,9-10H2,(H,20,21). The number of nitrogens with one attached hydrogen (secondary N) is 1. The SMILES string of the molecule is O=C(Nc1cccc(F)c1)C1(c2ccc(F)cc2)CCC1. The number of anilines is 1. The molecule has 1 saturated carbocycles. The second-order valence-electron chi connectivity index (χ2n) is 5.41. The highest BCUT2D eigenvalue weighted by Gasteiger charge is 2.45. The first-order chi connectivity index (χ1) is 10.1. The zero-order valence-electron chi connectivity index (χ0n) is 11.4. The van der Waals surface area contributed by atoms with Crippen LogP contribution < -0.4 is 5.32 Å². The summed E-state index contributed by atoms with van der Waals surface area (Å²) in [6.45, 7) is 0. The van der Waals surface area contributed by atoms with Gasteiger partial charge in [0.15, 0.2) is 0 Å². The lowest BCUT2D eigenvalue weighted by atomic mass is 9.64. The maximum Gasteiger partial charge on any atom is 0.235 e. The van der Waals surface area contributed by atoms with Crippen LogP contribution >= 0.6 is 0 Å². The van der Waals surface area contributed by atoms with Gasteiger partial charge in [0.2, 0.25) is 5.91 Å². The molecule has 2 nitrogen and oxygen atoms in total. The molecule has 3 rings (SSSR count). The molecule has 0 radical (unpaired) electrons. The van der Waals surface area contributed by atoms with Crippen molar-refractivity contribution in [2.45, 2.75) is 24.7 Å². The van der Waals surface area contributed by atoms with E-state index < -0.39 is 11.2 Å². The van der Waals surface area contributed by atoms with Crippen LogP contribution in [0, 0.1) is 11.6 Å². The number of rotatable bonds is 3. The molecule has 2 aromatic rings. The van der Waals surface area contributed by atoms with Gasteiger partial charge in [-0.2, -0.15) is 0 Å². The van der Waals surface area contributed by atoms with Gasteiger partial charge in [-0.3, -0.25) is 4.79 Å². The fourth-order valence-electron chi connectivity index (χ4n) is 2.76. The number of hydrogen-bond donors (Lipinski definition) is 1. The van der Waals surface area contributed by atoms with E-state index >= 15 is 0 Å². The van der Waals surface area contributed by atoms with Crippen LogP contribution in [0.25, 0.3) is 0 Å². The highest BCUT2D eigenvalue weighted by Crippen LogP contribution is 2.44. The summed E-state index contributed by atoms with van der Waals surface area (Å²) in [5.41, 5.74) is 0.623. The predicted molar refractivity (Wildman–Crippen MR) is 77.0 cm³/mol. The molecule has 4 heteroatoms. The molecule has 1 amide bonds. The van der Waals surface area contributed by atoms with Crippen molar-refractivity contribution in [1.29, 1.82) is 0 Å². The molecular weight excluding hydrogens is 272 g/mol. The van der Waals surface area contributed by atoms with Gasteiger partial charge in [-0.15, -0.1) is 0 Å².